The Kier molecular flexibility index (Phi) is 5.75. The zero-order valence-corrected chi connectivity index (χ0v) is 14.4. The highest BCUT2D eigenvalue weighted by Crippen LogP contribution is 2.36. The van der Waals surface area contributed by atoms with Gasteiger partial charge in [0.1, 0.15) is 18.5 Å². The summed E-state index contributed by atoms with van der Waals surface area (Å²) in [6, 6.07) is 0. The van der Waals surface area contributed by atoms with Crippen LogP contribution in [-0.4, -0.2) is 30.4 Å². The maximum absolute atomic E-state index is 12.1. The van der Waals surface area contributed by atoms with Crippen molar-refractivity contribution in [2.45, 2.75) is 52.2 Å². The van der Waals surface area contributed by atoms with Gasteiger partial charge in [0.05, 0.1) is 11.8 Å². The van der Waals surface area contributed by atoms with E-state index < -0.39 is 24.1 Å². The molecule has 0 aromatic heterocycles. The van der Waals surface area contributed by atoms with Crippen LogP contribution in [-0.2, 0) is 23.9 Å². The molecule has 2 rings (SSSR count). The first-order chi connectivity index (χ1) is 11.3. The van der Waals surface area contributed by atoms with E-state index in [1.165, 1.54) is 0 Å². The molecule has 1 fully saturated rings. The lowest BCUT2D eigenvalue weighted by Crippen LogP contribution is -2.34. The van der Waals surface area contributed by atoms with Crippen LogP contribution in [0, 0.1) is 11.8 Å². The first-order valence-corrected chi connectivity index (χ1v) is 8.25. The van der Waals surface area contributed by atoms with Gasteiger partial charge in [0.15, 0.2) is 0 Å². The average Bonchev–Trinajstić information content (AvgIpc) is 2.79. The minimum atomic E-state index is -0.651. The van der Waals surface area contributed by atoms with E-state index in [2.05, 4.69) is 6.58 Å². The Labute approximate surface area is 142 Å². The van der Waals surface area contributed by atoms with Gasteiger partial charge in [-0.25, -0.2) is 4.79 Å². The molecular formula is C19H24O5. The van der Waals surface area contributed by atoms with Gasteiger partial charge in [-0.1, -0.05) is 32.1 Å². The normalized spacial score (nSPS) is 29.9. The van der Waals surface area contributed by atoms with Crippen LogP contribution in [0.2, 0.25) is 0 Å². The number of carbonyl (C=O) groups excluding carboxylic acids is 3. The quantitative estimate of drug-likeness (QED) is 0.344. The van der Waals surface area contributed by atoms with E-state index >= 15 is 0 Å². The molecule has 3 atom stereocenters. The molecule has 0 aromatic rings. The van der Waals surface area contributed by atoms with Crippen molar-refractivity contribution >= 4 is 18.2 Å². The van der Waals surface area contributed by atoms with Crippen LogP contribution in [0.25, 0.3) is 0 Å². The summed E-state index contributed by atoms with van der Waals surface area (Å²) in [5.74, 6) is -1.62. The number of esters is 2. The molecule has 24 heavy (non-hydrogen) atoms. The molecule has 1 aliphatic carbocycles. The zero-order chi connectivity index (χ0) is 17.9. The highest BCUT2D eigenvalue weighted by molar-refractivity contribution is 5.91. The first kappa shape index (κ1) is 18.2. The molecule has 0 aromatic carbocycles. The van der Waals surface area contributed by atoms with E-state index in [4.69, 9.17) is 9.47 Å². The van der Waals surface area contributed by atoms with Crippen LogP contribution in [0.5, 0.6) is 0 Å². The van der Waals surface area contributed by atoms with Crippen molar-refractivity contribution in [1.82, 2.24) is 0 Å². The van der Waals surface area contributed by atoms with Crippen LogP contribution >= 0.6 is 0 Å². The Balaban J connectivity index is 2.41. The Morgan fingerprint density at radius 2 is 2.17 bits per heavy atom. The van der Waals surface area contributed by atoms with Crippen molar-refractivity contribution < 1.29 is 23.9 Å². The van der Waals surface area contributed by atoms with E-state index in [-0.39, 0.29) is 23.9 Å². The predicted molar refractivity (Wildman–Crippen MR) is 89.0 cm³/mol. The van der Waals surface area contributed by atoms with Crippen molar-refractivity contribution in [3.05, 3.63) is 35.5 Å². The third-order valence-corrected chi connectivity index (χ3v) is 4.38. The monoisotopic (exact) mass is 332 g/mol. The van der Waals surface area contributed by atoms with Gasteiger partial charge in [-0.3, -0.25) is 9.59 Å². The number of ether oxygens (including phenoxy) is 2. The minimum Gasteiger partial charge on any atom is -0.461 e. The molecular weight excluding hydrogens is 308 g/mol. The average molecular weight is 332 g/mol. The lowest BCUT2D eigenvalue weighted by atomic mass is 9.85. The maximum Gasteiger partial charge on any atom is 0.334 e. The van der Waals surface area contributed by atoms with Crippen molar-refractivity contribution in [3.63, 3.8) is 0 Å². The highest BCUT2D eigenvalue weighted by Gasteiger charge is 2.44. The summed E-state index contributed by atoms with van der Waals surface area (Å²) in [6.45, 7) is 9.26. The van der Waals surface area contributed by atoms with Crippen molar-refractivity contribution in [1.29, 1.82) is 0 Å². The van der Waals surface area contributed by atoms with Gasteiger partial charge in [-0.05, 0) is 31.4 Å². The van der Waals surface area contributed by atoms with Crippen molar-refractivity contribution in [2.75, 3.05) is 0 Å². The summed E-state index contributed by atoms with van der Waals surface area (Å²) in [5.41, 5.74) is 1.92. The van der Waals surface area contributed by atoms with Gasteiger partial charge in [-0.15, -0.1) is 0 Å². The van der Waals surface area contributed by atoms with Crippen LogP contribution in [0.4, 0.5) is 0 Å². The fourth-order valence-electron chi connectivity index (χ4n) is 2.97. The Hall–Kier alpha value is -2.17. The minimum absolute atomic E-state index is 0.256. The number of hydrogen-bond acceptors (Lipinski definition) is 5. The van der Waals surface area contributed by atoms with Gasteiger partial charge in [0, 0.05) is 12.0 Å². The van der Waals surface area contributed by atoms with Gasteiger partial charge >= 0.3 is 11.9 Å². The topological polar surface area (TPSA) is 69.7 Å². The van der Waals surface area contributed by atoms with Gasteiger partial charge in [-0.2, -0.15) is 0 Å². The molecule has 0 spiro atoms. The van der Waals surface area contributed by atoms with E-state index in [0.29, 0.717) is 12.0 Å². The lowest BCUT2D eigenvalue weighted by molar-refractivity contribution is -0.155. The zero-order valence-electron chi connectivity index (χ0n) is 14.4. The summed E-state index contributed by atoms with van der Waals surface area (Å²) in [6.07, 6.45) is 5.13. The first-order valence-electron chi connectivity index (χ1n) is 8.25. The SMILES string of the molecule is C=C1C(=O)OC2/C=C(\C)CCC=C(C=O)C[C@@H](OC(=O)C(C)C)C12. The van der Waals surface area contributed by atoms with E-state index in [1.807, 2.05) is 19.1 Å². The summed E-state index contributed by atoms with van der Waals surface area (Å²) in [5, 5.41) is 0. The number of rotatable bonds is 3. The van der Waals surface area contributed by atoms with E-state index in [9.17, 15) is 14.4 Å². The fourth-order valence-corrected chi connectivity index (χ4v) is 2.97. The molecule has 5 heteroatoms. The molecule has 0 bridgehead atoms. The summed E-state index contributed by atoms with van der Waals surface area (Å²) < 4.78 is 11.0. The largest absolute Gasteiger partial charge is 0.461 e. The Morgan fingerprint density at radius 3 is 2.79 bits per heavy atom. The standard InChI is InChI=1S/C19H24O5/c1-11(2)18(21)23-16-9-14(10-20)7-5-6-12(3)8-15-17(16)13(4)19(22)24-15/h7-8,10-11,15-17H,4-6,9H2,1-3H3/b12-8+,14-7?/t15?,16-,17?/m1/s1. The fraction of sp³-hybridized carbons (Fsp3) is 0.526. The summed E-state index contributed by atoms with van der Waals surface area (Å²) in [7, 11) is 0. The smallest absolute Gasteiger partial charge is 0.334 e. The summed E-state index contributed by atoms with van der Waals surface area (Å²) >= 11 is 0. The lowest BCUT2D eigenvalue weighted by Gasteiger charge is -2.27. The summed E-state index contributed by atoms with van der Waals surface area (Å²) in [4.78, 5) is 35.4. The van der Waals surface area contributed by atoms with Crippen molar-refractivity contribution in [3.8, 4) is 0 Å². The van der Waals surface area contributed by atoms with Gasteiger partial charge in [0.2, 0.25) is 0 Å². The third kappa shape index (κ3) is 4.02. The van der Waals surface area contributed by atoms with Gasteiger partial charge < -0.3 is 9.47 Å². The second-order valence-corrected chi connectivity index (χ2v) is 6.70. The molecule has 0 amide bonds. The Morgan fingerprint density at radius 1 is 1.46 bits per heavy atom. The number of hydrogen-bond donors (Lipinski definition) is 0. The maximum atomic E-state index is 12.1. The highest BCUT2D eigenvalue weighted by atomic mass is 16.6. The molecule has 1 aliphatic heterocycles. The number of carbonyl (C=O) groups is 3. The molecule has 1 saturated heterocycles. The van der Waals surface area contributed by atoms with Crippen LogP contribution < -0.4 is 0 Å². The number of fused-ring (bicyclic) bond motifs is 1. The molecule has 2 aliphatic rings. The molecule has 0 radical (unpaired) electrons. The van der Waals surface area contributed by atoms with Crippen molar-refractivity contribution in [2.24, 2.45) is 11.8 Å². The number of allylic oxidation sites excluding steroid dienone is 2. The Bertz CT molecular complexity index is 611. The third-order valence-electron chi connectivity index (χ3n) is 4.38. The molecule has 1 heterocycles. The van der Waals surface area contributed by atoms with Crippen LogP contribution in [0.1, 0.15) is 40.0 Å². The molecule has 0 saturated carbocycles. The number of aldehydes is 1. The van der Waals surface area contributed by atoms with Crippen LogP contribution in [0.3, 0.4) is 0 Å². The molecule has 5 nitrogen and oxygen atoms in total. The van der Waals surface area contributed by atoms with Gasteiger partial charge in [0.25, 0.3) is 0 Å². The van der Waals surface area contributed by atoms with E-state index in [1.54, 1.807) is 13.8 Å². The second-order valence-electron chi connectivity index (χ2n) is 6.70. The molecule has 0 N–H and O–H groups in total. The van der Waals surface area contributed by atoms with Crippen LogP contribution in [0.15, 0.2) is 35.5 Å². The molecule has 130 valence electrons. The van der Waals surface area contributed by atoms with E-state index in [0.717, 1.165) is 18.3 Å². The second kappa shape index (κ2) is 7.60. The predicted octanol–water partition coefficient (Wildman–Crippen LogP) is 2.91. The molecule has 2 unspecified atom stereocenters.